The Hall–Kier alpha value is -0.157. The summed E-state index contributed by atoms with van der Waals surface area (Å²) in [6.07, 6.45) is 18.3. The van der Waals surface area contributed by atoms with E-state index in [4.69, 9.17) is 0 Å². The summed E-state index contributed by atoms with van der Waals surface area (Å²) in [5.41, 5.74) is 0. The van der Waals surface area contributed by atoms with Crippen LogP contribution in [0.1, 0.15) is 0 Å². The summed E-state index contributed by atoms with van der Waals surface area (Å²) in [7, 11) is 0. The molecule has 13 heavy (non-hydrogen) atoms. The minimum atomic E-state index is -1.95. The molecule has 0 aromatic carbocycles. The average Bonchev–Trinajstić information content (AvgIpc) is 2.78. The van der Waals surface area contributed by atoms with Crippen molar-refractivity contribution in [2.24, 2.45) is 0 Å². The van der Waals surface area contributed by atoms with Crippen molar-refractivity contribution in [3.8, 4) is 0 Å². The quantitative estimate of drug-likeness (QED) is 0.694. The second kappa shape index (κ2) is 3.54. The summed E-state index contributed by atoms with van der Waals surface area (Å²) in [6.45, 7) is 0. The van der Waals surface area contributed by atoms with Crippen LogP contribution in [0.2, 0.25) is 16.5 Å². The van der Waals surface area contributed by atoms with Crippen molar-refractivity contribution in [3.05, 3.63) is 48.6 Å². The third-order valence-corrected chi connectivity index (χ3v) is 13.6. The third-order valence-electron chi connectivity index (χ3n) is 3.21. The number of hydrogen-bond donors (Lipinski definition) is 0. The molecule has 0 saturated carbocycles. The van der Waals surface area contributed by atoms with Crippen LogP contribution in [0.25, 0.3) is 0 Å². The van der Waals surface area contributed by atoms with Gasteiger partial charge in [-0.15, -0.1) is 0 Å². The summed E-state index contributed by atoms with van der Waals surface area (Å²) < 4.78 is 6.69. The normalized spacial score (nSPS) is 22.3. The van der Waals surface area contributed by atoms with E-state index in [1.165, 1.54) is 0 Å². The van der Waals surface area contributed by atoms with Gasteiger partial charge in [-0.1, -0.05) is 0 Å². The first-order chi connectivity index (χ1) is 6.21. The van der Waals surface area contributed by atoms with Gasteiger partial charge in [-0.2, -0.15) is 0 Å². The average molecular weight is 251 g/mol. The first-order valence-corrected chi connectivity index (χ1v) is 12.7. The molecule has 0 unspecified atom stereocenters. The molecule has 0 aliphatic heterocycles. The standard InChI is InChI=1S/2C5H5.2CH3.Zr/c2*1-2-4-5-3-1;;;/h2*1-5H;2*1H3;. The van der Waals surface area contributed by atoms with Crippen molar-refractivity contribution >= 4 is 0 Å². The molecule has 2 rings (SSSR count). The van der Waals surface area contributed by atoms with Gasteiger partial charge in [0.05, 0.1) is 0 Å². The first-order valence-electron chi connectivity index (χ1n) is 4.91. The van der Waals surface area contributed by atoms with Crippen LogP contribution >= 0.6 is 0 Å². The van der Waals surface area contributed by atoms with Gasteiger partial charge in [-0.05, 0) is 0 Å². The van der Waals surface area contributed by atoms with E-state index >= 15 is 0 Å². The number of hydrogen-bond acceptors (Lipinski definition) is 0. The molecule has 1 heteroatoms. The molecule has 0 fully saturated rings. The van der Waals surface area contributed by atoms with Crippen LogP contribution in [0.3, 0.4) is 0 Å². The Morgan fingerprint density at radius 1 is 0.692 bits per heavy atom. The summed E-state index contributed by atoms with van der Waals surface area (Å²) >= 11 is -1.95. The molecule has 0 N–H and O–H groups in total. The second-order valence-corrected chi connectivity index (χ2v) is 16.6. The van der Waals surface area contributed by atoms with Gasteiger partial charge in [0, 0.05) is 0 Å². The van der Waals surface area contributed by atoms with Crippen molar-refractivity contribution < 1.29 is 20.3 Å². The van der Waals surface area contributed by atoms with Crippen LogP contribution < -0.4 is 0 Å². The SMILES string of the molecule is [CH3][Zr]([CH3])([CH]1C=CC=C1)[CH]1C=CC=C1. The molecule has 0 heterocycles. The third kappa shape index (κ3) is 1.72. The van der Waals surface area contributed by atoms with E-state index in [9.17, 15) is 0 Å². The van der Waals surface area contributed by atoms with Crippen LogP contribution in [-0.2, 0) is 20.3 Å². The Balaban J connectivity index is 2.19. The molecule has 0 nitrogen and oxygen atoms in total. The maximum atomic E-state index is 2.55. The van der Waals surface area contributed by atoms with Crippen LogP contribution in [0.5, 0.6) is 0 Å². The van der Waals surface area contributed by atoms with Crippen molar-refractivity contribution in [1.82, 2.24) is 0 Å². The molecular formula is C12H16Zr. The van der Waals surface area contributed by atoms with Gasteiger partial charge in [0.1, 0.15) is 0 Å². The van der Waals surface area contributed by atoms with Crippen LogP contribution in [0, 0.1) is 0 Å². The van der Waals surface area contributed by atoms with Crippen molar-refractivity contribution in [2.45, 2.75) is 16.5 Å². The minimum absolute atomic E-state index is 0.798. The summed E-state index contributed by atoms with van der Waals surface area (Å²) in [4.78, 5) is 0. The van der Waals surface area contributed by atoms with Gasteiger partial charge in [0.15, 0.2) is 0 Å². The van der Waals surface area contributed by atoms with Crippen molar-refractivity contribution in [2.75, 3.05) is 0 Å². The van der Waals surface area contributed by atoms with E-state index in [2.05, 4.69) is 57.9 Å². The van der Waals surface area contributed by atoms with Gasteiger partial charge in [0.25, 0.3) is 0 Å². The Morgan fingerprint density at radius 2 is 1.00 bits per heavy atom. The molecule has 0 aromatic rings. The summed E-state index contributed by atoms with van der Waals surface area (Å²) in [6, 6.07) is 0. The fourth-order valence-corrected chi connectivity index (χ4v) is 9.14. The molecular weight excluding hydrogens is 235 g/mol. The van der Waals surface area contributed by atoms with Crippen molar-refractivity contribution in [1.29, 1.82) is 0 Å². The zero-order valence-electron chi connectivity index (χ0n) is 8.27. The van der Waals surface area contributed by atoms with Gasteiger partial charge in [0.2, 0.25) is 0 Å². The molecule has 0 radical (unpaired) electrons. The Bertz CT molecular complexity index is 251. The Kier molecular flexibility index (Phi) is 2.56. The van der Waals surface area contributed by atoms with E-state index in [0.717, 1.165) is 7.25 Å². The molecule has 2 aliphatic carbocycles. The topological polar surface area (TPSA) is 0 Å². The van der Waals surface area contributed by atoms with Crippen molar-refractivity contribution in [3.63, 3.8) is 0 Å². The van der Waals surface area contributed by atoms with E-state index in [1.807, 2.05) is 0 Å². The first kappa shape index (κ1) is 9.40. The maximum absolute atomic E-state index is 2.55. The van der Waals surface area contributed by atoms with Gasteiger partial charge >= 0.3 is 85.4 Å². The molecule has 2 aliphatic rings. The van der Waals surface area contributed by atoms with E-state index in [-0.39, 0.29) is 0 Å². The molecule has 0 atom stereocenters. The second-order valence-electron chi connectivity index (χ2n) is 4.41. The molecule has 0 saturated heterocycles. The predicted molar refractivity (Wildman–Crippen MR) is 55.8 cm³/mol. The molecule has 0 amide bonds. The zero-order chi connectivity index (χ0) is 9.31. The monoisotopic (exact) mass is 250 g/mol. The molecule has 0 aromatic heterocycles. The molecule has 0 spiro atoms. The fraction of sp³-hybridized carbons (Fsp3) is 0.333. The Morgan fingerprint density at radius 3 is 1.31 bits per heavy atom. The summed E-state index contributed by atoms with van der Waals surface area (Å²) in [5.74, 6) is 0. The van der Waals surface area contributed by atoms with Gasteiger partial charge in [-0.25, -0.2) is 0 Å². The van der Waals surface area contributed by atoms with E-state index in [0.29, 0.717) is 0 Å². The van der Waals surface area contributed by atoms with Crippen LogP contribution in [-0.4, -0.2) is 0 Å². The Labute approximate surface area is 85.1 Å². The number of allylic oxidation sites excluding steroid dienone is 8. The molecule has 0 bridgehead atoms. The molecule has 68 valence electrons. The number of rotatable bonds is 2. The fourth-order valence-electron chi connectivity index (χ4n) is 2.08. The van der Waals surface area contributed by atoms with Crippen LogP contribution in [0.4, 0.5) is 0 Å². The van der Waals surface area contributed by atoms with Gasteiger partial charge < -0.3 is 0 Å². The zero-order valence-corrected chi connectivity index (χ0v) is 10.7. The van der Waals surface area contributed by atoms with Gasteiger partial charge in [-0.3, -0.25) is 0 Å². The predicted octanol–water partition coefficient (Wildman–Crippen LogP) is 4.07. The van der Waals surface area contributed by atoms with E-state index < -0.39 is 20.3 Å². The van der Waals surface area contributed by atoms with E-state index in [1.54, 1.807) is 0 Å². The van der Waals surface area contributed by atoms with Crippen LogP contribution in [0.15, 0.2) is 48.6 Å². The summed E-state index contributed by atoms with van der Waals surface area (Å²) in [5, 5.41) is 0.